The van der Waals surface area contributed by atoms with Crippen molar-refractivity contribution in [3.8, 4) is 11.5 Å². The van der Waals surface area contributed by atoms with E-state index in [2.05, 4.69) is 5.32 Å². The molecular weight excluding hydrogens is 284 g/mol. The normalized spacial score (nSPS) is 10.6. The molecule has 106 valence electrons. The first-order chi connectivity index (χ1) is 9.61. The fraction of sp³-hybridized carbons (Fsp3) is 0.200. The Morgan fingerprint density at radius 2 is 1.95 bits per heavy atom. The molecular formula is C15H14ClF2NO. The first kappa shape index (κ1) is 14.8. The Balaban J connectivity index is 2.29. The van der Waals surface area contributed by atoms with Crippen molar-refractivity contribution in [2.75, 3.05) is 6.54 Å². The number of hydrogen-bond donors (Lipinski definition) is 1. The second kappa shape index (κ2) is 6.68. The SMILES string of the molecule is CCNCc1cccc(Cl)c1Oc1ccc(F)c(F)c1. The number of halogens is 3. The minimum Gasteiger partial charge on any atom is -0.455 e. The molecule has 2 nitrogen and oxygen atoms in total. The van der Waals surface area contributed by atoms with Crippen LogP contribution in [0.3, 0.4) is 0 Å². The van der Waals surface area contributed by atoms with Gasteiger partial charge in [0.1, 0.15) is 11.5 Å². The summed E-state index contributed by atoms with van der Waals surface area (Å²) in [6.45, 7) is 3.37. The molecule has 0 spiro atoms. The van der Waals surface area contributed by atoms with Crippen molar-refractivity contribution in [2.24, 2.45) is 0 Å². The van der Waals surface area contributed by atoms with Gasteiger partial charge in [0.25, 0.3) is 0 Å². The molecule has 0 fully saturated rings. The van der Waals surface area contributed by atoms with Crippen molar-refractivity contribution in [3.05, 3.63) is 58.6 Å². The van der Waals surface area contributed by atoms with E-state index in [0.29, 0.717) is 17.3 Å². The van der Waals surface area contributed by atoms with Crippen LogP contribution in [0.25, 0.3) is 0 Å². The lowest BCUT2D eigenvalue weighted by Crippen LogP contribution is -2.12. The number of ether oxygens (including phenoxy) is 1. The molecule has 0 aliphatic heterocycles. The molecule has 0 bridgehead atoms. The van der Waals surface area contributed by atoms with E-state index in [9.17, 15) is 8.78 Å². The summed E-state index contributed by atoms with van der Waals surface area (Å²) in [4.78, 5) is 0. The third-order valence-corrected chi connectivity index (χ3v) is 3.02. The Bertz CT molecular complexity index is 604. The zero-order valence-corrected chi connectivity index (χ0v) is 11.7. The standard InChI is InChI=1S/C15H14ClF2NO/c1-2-19-9-10-4-3-5-12(16)15(10)20-11-6-7-13(17)14(18)8-11/h3-8,19H,2,9H2,1H3. The number of hydrogen-bond acceptors (Lipinski definition) is 2. The molecule has 5 heteroatoms. The lowest BCUT2D eigenvalue weighted by Gasteiger charge is -2.13. The number of nitrogens with one attached hydrogen (secondary N) is 1. The molecule has 0 saturated heterocycles. The molecule has 2 rings (SSSR count). The molecule has 0 aliphatic rings. The molecule has 0 heterocycles. The molecule has 0 atom stereocenters. The van der Waals surface area contributed by atoms with Gasteiger partial charge in [0.15, 0.2) is 11.6 Å². The number of rotatable bonds is 5. The van der Waals surface area contributed by atoms with Gasteiger partial charge >= 0.3 is 0 Å². The summed E-state index contributed by atoms with van der Waals surface area (Å²) in [5.74, 6) is -1.22. The first-order valence-corrected chi connectivity index (χ1v) is 6.60. The Labute approximate surface area is 121 Å². The molecule has 20 heavy (non-hydrogen) atoms. The molecule has 2 aromatic rings. The molecule has 2 aromatic carbocycles. The maximum atomic E-state index is 13.2. The summed E-state index contributed by atoms with van der Waals surface area (Å²) < 4.78 is 31.7. The zero-order valence-electron chi connectivity index (χ0n) is 10.9. The molecule has 1 N–H and O–H groups in total. The van der Waals surface area contributed by atoms with Crippen molar-refractivity contribution in [2.45, 2.75) is 13.5 Å². The summed E-state index contributed by atoms with van der Waals surface area (Å²) in [6, 6.07) is 8.74. The zero-order chi connectivity index (χ0) is 14.5. The van der Waals surface area contributed by atoms with E-state index in [-0.39, 0.29) is 5.75 Å². The van der Waals surface area contributed by atoms with E-state index in [1.165, 1.54) is 6.07 Å². The maximum Gasteiger partial charge on any atom is 0.162 e. The molecule has 0 radical (unpaired) electrons. The second-order valence-corrected chi connectivity index (χ2v) is 4.59. The molecule has 0 aromatic heterocycles. The minimum absolute atomic E-state index is 0.203. The number of para-hydroxylation sites is 1. The average molecular weight is 298 g/mol. The van der Waals surface area contributed by atoms with Gasteiger partial charge in [-0.2, -0.15) is 0 Å². The smallest absolute Gasteiger partial charge is 0.162 e. The van der Waals surface area contributed by atoms with Crippen LogP contribution in [0.2, 0.25) is 5.02 Å². The fourth-order valence-corrected chi connectivity index (χ4v) is 1.96. The van der Waals surface area contributed by atoms with Gasteiger partial charge in [0.05, 0.1) is 5.02 Å². The highest BCUT2D eigenvalue weighted by Crippen LogP contribution is 2.33. The van der Waals surface area contributed by atoms with Crippen molar-refractivity contribution in [1.29, 1.82) is 0 Å². The topological polar surface area (TPSA) is 21.3 Å². The van der Waals surface area contributed by atoms with Crippen LogP contribution in [-0.2, 0) is 6.54 Å². The Morgan fingerprint density at radius 3 is 2.65 bits per heavy atom. The summed E-state index contributed by atoms with van der Waals surface area (Å²) in [5.41, 5.74) is 0.851. The summed E-state index contributed by atoms with van der Waals surface area (Å²) in [7, 11) is 0. The van der Waals surface area contributed by atoms with Crippen LogP contribution in [0.1, 0.15) is 12.5 Å². The second-order valence-electron chi connectivity index (χ2n) is 4.19. The van der Waals surface area contributed by atoms with E-state index in [1.54, 1.807) is 6.07 Å². The van der Waals surface area contributed by atoms with Crippen LogP contribution in [-0.4, -0.2) is 6.54 Å². The molecule has 0 aliphatic carbocycles. The van der Waals surface area contributed by atoms with Gasteiger partial charge < -0.3 is 10.1 Å². The van der Waals surface area contributed by atoms with E-state index in [0.717, 1.165) is 24.2 Å². The van der Waals surface area contributed by atoms with Crippen LogP contribution in [0, 0.1) is 11.6 Å². The fourth-order valence-electron chi connectivity index (χ4n) is 1.72. The van der Waals surface area contributed by atoms with Crippen molar-refractivity contribution in [1.82, 2.24) is 5.32 Å². The first-order valence-electron chi connectivity index (χ1n) is 6.23. The third-order valence-electron chi connectivity index (χ3n) is 2.72. The van der Waals surface area contributed by atoms with Gasteiger partial charge in [0.2, 0.25) is 0 Å². The minimum atomic E-state index is -0.956. The van der Waals surface area contributed by atoms with Crippen molar-refractivity contribution >= 4 is 11.6 Å². The van der Waals surface area contributed by atoms with E-state index < -0.39 is 11.6 Å². The quantitative estimate of drug-likeness (QED) is 0.876. The van der Waals surface area contributed by atoms with Crippen LogP contribution >= 0.6 is 11.6 Å². The maximum absolute atomic E-state index is 13.2. The molecule has 0 saturated carbocycles. The summed E-state index contributed by atoms with van der Waals surface area (Å²) in [5, 5.41) is 3.59. The largest absolute Gasteiger partial charge is 0.455 e. The van der Waals surface area contributed by atoms with E-state index in [1.807, 2.05) is 19.1 Å². The lowest BCUT2D eigenvalue weighted by atomic mass is 10.2. The summed E-state index contributed by atoms with van der Waals surface area (Å²) in [6.07, 6.45) is 0. The average Bonchev–Trinajstić information content (AvgIpc) is 2.43. The van der Waals surface area contributed by atoms with E-state index >= 15 is 0 Å². The van der Waals surface area contributed by atoms with Gasteiger partial charge in [-0.05, 0) is 24.7 Å². The third kappa shape index (κ3) is 3.46. The Kier molecular flexibility index (Phi) is 4.93. The van der Waals surface area contributed by atoms with Crippen molar-refractivity contribution in [3.63, 3.8) is 0 Å². The number of benzene rings is 2. The highest BCUT2D eigenvalue weighted by atomic mass is 35.5. The molecule has 0 amide bonds. The van der Waals surface area contributed by atoms with Crippen LogP contribution in [0.4, 0.5) is 8.78 Å². The predicted molar refractivity (Wildman–Crippen MR) is 75.3 cm³/mol. The monoisotopic (exact) mass is 297 g/mol. The van der Waals surface area contributed by atoms with E-state index in [4.69, 9.17) is 16.3 Å². The van der Waals surface area contributed by atoms with Crippen molar-refractivity contribution < 1.29 is 13.5 Å². The highest BCUT2D eigenvalue weighted by Gasteiger charge is 2.11. The predicted octanol–water partition coefficient (Wildman–Crippen LogP) is 4.52. The van der Waals surface area contributed by atoms with Crippen LogP contribution < -0.4 is 10.1 Å². The van der Waals surface area contributed by atoms with Crippen LogP contribution in [0.15, 0.2) is 36.4 Å². The highest BCUT2D eigenvalue weighted by molar-refractivity contribution is 6.32. The Hall–Kier alpha value is -1.65. The molecule has 0 unspecified atom stereocenters. The lowest BCUT2D eigenvalue weighted by molar-refractivity contribution is 0.455. The van der Waals surface area contributed by atoms with Gasteiger partial charge in [-0.15, -0.1) is 0 Å². The van der Waals surface area contributed by atoms with Crippen LogP contribution in [0.5, 0.6) is 11.5 Å². The van der Waals surface area contributed by atoms with Gasteiger partial charge in [-0.25, -0.2) is 8.78 Å². The van der Waals surface area contributed by atoms with Gasteiger partial charge in [-0.1, -0.05) is 30.7 Å². The van der Waals surface area contributed by atoms with Gasteiger partial charge in [-0.3, -0.25) is 0 Å². The Morgan fingerprint density at radius 1 is 1.15 bits per heavy atom. The van der Waals surface area contributed by atoms with Gasteiger partial charge in [0, 0.05) is 18.2 Å². The summed E-state index contributed by atoms with van der Waals surface area (Å²) >= 11 is 6.11.